The van der Waals surface area contributed by atoms with E-state index in [4.69, 9.17) is 4.74 Å². The Bertz CT molecular complexity index is 835. The Morgan fingerprint density at radius 1 is 1.00 bits per heavy atom. The molecule has 0 aliphatic carbocycles. The van der Waals surface area contributed by atoms with Crippen LogP contribution in [-0.4, -0.2) is 37.1 Å². The molecule has 1 aromatic heterocycles. The number of morpholine rings is 1. The van der Waals surface area contributed by atoms with Crippen LogP contribution < -0.4 is 4.90 Å². The summed E-state index contributed by atoms with van der Waals surface area (Å²) in [6.07, 6.45) is 1.85. The van der Waals surface area contributed by atoms with Gasteiger partial charge in [-0.05, 0) is 6.07 Å². The Hall–Kier alpha value is -2.43. The molecule has 2 heterocycles. The molecule has 0 radical (unpaired) electrons. The Balaban J connectivity index is 1.76. The van der Waals surface area contributed by atoms with E-state index in [0.717, 1.165) is 35.1 Å². The summed E-state index contributed by atoms with van der Waals surface area (Å²) in [5.74, 6) is 0.176. The van der Waals surface area contributed by atoms with Crippen molar-refractivity contribution in [1.82, 2.24) is 4.98 Å². The molecule has 4 nitrogen and oxygen atoms in total. The van der Waals surface area contributed by atoms with Gasteiger partial charge in [0, 0.05) is 28.2 Å². The Kier molecular flexibility index (Phi) is 4.15. The highest BCUT2D eigenvalue weighted by molar-refractivity contribution is 6.10. The Morgan fingerprint density at radius 3 is 2.50 bits per heavy atom. The summed E-state index contributed by atoms with van der Waals surface area (Å²) in [4.78, 5) is 17.9. The molecular weight excluding hydrogens is 300 g/mol. The largest absolute Gasteiger partial charge is 0.370 e. The summed E-state index contributed by atoms with van der Waals surface area (Å²) in [5.41, 5.74) is 2.85. The maximum absolute atomic E-state index is 13.4. The number of Topliss-reactive ketones (excluding diaryl/α,β-unsaturated/α-hetero) is 1. The molecule has 122 valence electrons. The molecular formula is C20H21N2O2+. The van der Waals surface area contributed by atoms with Gasteiger partial charge in [0.1, 0.15) is 13.1 Å². The molecule has 4 heteroatoms. The van der Waals surface area contributed by atoms with Crippen LogP contribution >= 0.6 is 0 Å². The van der Waals surface area contributed by atoms with Crippen LogP contribution in [0.1, 0.15) is 22.0 Å². The summed E-state index contributed by atoms with van der Waals surface area (Å²) in [7, 11) is 0. The fraction of sp³-hybridized carbons (Fsp3) is 0.250. The number of hydrogen-bond donors (Lipinski definition) is 2. The summed E-state index contributed by atoms with van der Waals surface area (Å²) >= 11 is 0. The number of para-hydroxylation sites is 1. The average Bonchev–Trinajstić information content (AvgIpc) is 3.08. The van der Waals surface area contributed by atoms with Crippen LogP contribution in [0, 0.1) is 0 Å². The molecule has 2 N–H and O–H groups in total. The minimum atomic E-state index is -0.186. The van der Waals surface area contributed by atoms with Crippen LogP contribution in [0.5, 0.6) is 0 Å². The van der Waals surface area contributed by atoms with Crippen LogP contribution in [0.15, 0.2) is 60.8 Å². The summed E-state index contributed by atoms with van der Waals surface area (Å²) < 4.78 is 5.49. The van der Waals surface area contributed by atoms with Crippen molar-refractivity contribution < 1.29 is 14.4 Å². The number of aromatic nitrogens is 1. The van der Waals surface area contributed by atoms with E-state index in [9.17, 15) is 4.79 Å². The fourth-order valence-corrected chi connectivity index (χ4v) is 3.57. The lowest BCUT2D eigenvalue weighted by Gasteiger charge is -2.30. The van der Waals surface area contributed by atoms with E-state index >= 15 is 0 Å². The van der Waals surface area contributed by atoms with E-state index in [0.29, 0.717) is 13.2 Å². The van der Waals surface area contributed by atoms with Gasteiger partial charge < -0.3 is 14.6 Å². The molecule has 24 heavy (non-hydrogen) atoms. The first-order valence-electron chi connectivity index (χ1n) is 8.42. The van der Waals surface area contributed by atoms with Crippen molar-refractivity contribution in [2.24, 2.45) is 0 Å². The highest BCUT2D eigenvalue weighted by Crippen LogP contribution is 2.23. The van der Waals surface area contributed by atoms with E-state index in [1.54, 1.807) is 0 Å². The van der Waals surface area contributed by atoms with E-state index in [1.807, 2.05) is 48.7 Å². The normalized spacial score (nSPS) is 17.0. The third-order valence-electron chi connectivity index (χ3n) is 4.79. The minimum Gasteiger partial charge on any atom is -0.370 e. The van der Waals surface area contributed by atoms with Gasteiger partial charge in [-0.25, -0.2) is 0 Å². The monoisotopic (exact) mass is 321 g/mol. The summed E-state index contributed by atoms with van der Waals surface area (Å²) in [6.45, 7) is 3.13. The molecule has 1 aliphatic heterocycles. The number of rotatable bonds is 4. The van der Waals surface area contributed by atoms with E-state index in [1.165, 1.54) is 4.90 Å². The lowest BCUT2D eigenvalue weighted by Crippen LogP contribution is -3.15. The molecule has 0 amide bonds. The first-order valence-corrected chi connectivity index (χ1v) is 8.42. The van der Waals surface area contributed by atoms with Crippen LogP contribution in [0.4, 0.5) is 0 Å². The number of ether oxygens (including phenoxy) is 1. The van der Waals surface area contributed by atoms with Crippen molar-refractivity contribution in [3.8, 4) is 0 Å². The molecule has 1 atom stereocenters. The quantitative estimate of drug-likeness (QED) is 0.722. The molecule has 1 fully saturated rings. The number of ketones is 1. The van der Waals surface area contributed by atoms with Gasteiger partial charge in [0.05, 0.1) is 13.2 Å². The Labute approximate surface area is 141 Å². The lowest BCUT2D eigenvalue weighted by molar-refractivity contribution is -0.928. The zero-order valence-corrected chi connectivity index (χ0v) is 13.5. The van der Waals surface area contributed by atoms with Gasteiger partial charge >= 0.3 is 0 Å². The molecule has 0 unspecified atom stereocenters. The molecule has 0 saturated carbocycles. The average molecular weight is 321 g/mol. The molecule has 1 aliphatic rings. The lowest BCUT2D eigenvalue weighted by atomic mass is 9.95. The standard InChI is InChI=1S/C20H20N2O2/c23-20(17-14-21-18-9-5-4-8-16(17)18)19(15-6-2-1-3-7-15)22-10-12-24-13-11-22/h1-9,14,19,21H,10-13H2/p+1/t19-/m1/s1. The summed E-state index contributed by atoms with van der Waals surface area (Å²) in [5, 5.41) is 0.996. The zero-order valence-electron chi connectivity index (χ0n) is 13.5. The highest BCUT2D eigenvalue weighted by Gasteiger charge is 2.34. The SMILES string of the molecule is O=C(c1c[nH]c2ccccc12)[C@@H](c1ccccc1)[NH+]1CCOCC1. The number of carbonyl (C=O) groups is 1. The smallest absolute Gasteiger partial charge is 0.226 e. The number of carbonyl (C=O) groups excluding carboxylic acids is 1. The number of nitrogens with one attached hydrogen (secondary N) is 2. The van der Waals surface area contributed by atoms with Crippen LogP contribution in [-0.2, 0) is 4.74 Å². The first kappa shape index (κ1) is 15.1. The maximum Gasteiger partial charge on any atom is 0.226 e. The topological polar surface area (TPSA) is 46.5 Å². The van der Waals surface area contributed by atoms with Crippen LogP contribution in [0.25, 0.3) is 10.9 Å². The van der Waals surface area contributed by atoms with Crippen molar-refractivity contribution in [1.29, 1.82) is 0 Å². The number of aromatic amines is 1. The third kappa shape index (κ3) is 2.75. The van der Waals surface area contributed by atoms with Crippen LogP contribution in [0.3, 0.4) is 0 Å². The Morgan fingerprint density at radius 2 is 1.71 bits per heavy atom. The third-order valence-corrected chi connectivity index (χ3v) is 4.79. The number of hydrogen-bond acceptors (Lipinski definition) is 2. The van der Waals surface area contributed by atoms with Crippen molar-refractivity contribution in [3.05, 3.63) is 71.9 Å². The molecule has 1 saturated heterocycles. The second-order valence-electron chi connectivity index (χ2n) is 6.23. The zero-order chi connectivity index (χ0) is 16.4. The fourth-order valence-electron chi connectivity index (χ4n) is 3.57. The second kappa shape index (κ2) is 6.59. The van der Waals surface area contributed by atoms with Gasteiger partial charge in [-0.3, -0.25) is 4.79 Å². The van der Waals surface area contributed by atoms with E-state index < -0.39 is 0 Å². The van der Waals surface area contributed by atoms with Gasteiger partial charge in [0.15, 0.2) is 6.04 Å². The van der Waals surface area contributed by atoms with E-state index in [-0.39, 0.29) is 11.8 Å². The highest BCUT2D eigenvalue weighted by atomic mass is 16.5. The van der Waals surface area contributed by atoms with Crippen molar-refractivity contribution in [3.63, 3.8) is 0 Å². The minimum absolute atomic E-state index is 0.176. The second-order valence-corrected chi connectivity index (χ2v) is 6.23. The molecule has 3 aromatic rings. The molecule has 2 aromatic carbocycles. The van der Waals surface area contributed by atoms with Gasteiger partial charge in [-0.2, -0.15) is 0 Å². The van der Waals surface area contributed by atoms with Crippen molar-refractivity contribution in [2.75, 3.05) is 26.3 Å². The van der Waals surface area contributed by atoms with Gasteiger partial charge in [0.2, 0.25) is 5.78 Å². The predicted octanol–water partition coefficient (Wildman–Crippen LogP) is 2.01. The molecule has 0 bridgehead atoms. The van der Waals surface area contributed by atoms with Gasteiger partial charge in [0.25, 0.3) is 0 Å². The number of benzene rings is 2. The number of quaternary nitrogens is 1. The number of H-pyrrole nitrogens is 1. The molecule has 4 rings (SSSR count). The summed E-state index contributed by atoms with van der Waals surface area (Å²) in [6, 6.07) is 17.9. The van der Waals surface area contributed by atoms with Gasteiger partial charge in [-0.1, -0.05) is 48.5 Å². The van der Waals surface area contributed by atoms with Crippen molar-refractivity contribution in [2.45, 2.75) is 6.04 Å². The molecule has 0 spiro atoms. The predicted molar refractivity (Wildman–Crippen MR) is 93.3 cm³/mol. The number of fused-ring (bicyclic) bond motifs is 1. The first-order chi connectivity index (χ1) is 11.8. The van der Waals surface area contributed by atoms with E-state index in [2.05, 4.69) is 17.1 Å². The maximum atomic E-state index is 13.4. The van der Waals surface area contributed by atoms with Crippen LogP contribution in [0.2, 0.25) is 0 Å². The van der Waals surface area contributed by atoms with Crippen molar-refractivity contribution >= 4 is 16.7 Å². The van der Waals surface area contributed by atoms with Gasteiger partial charge in [-0.15, -0.1) is 0 Å².